The first-order valence-electron chi connectivity index (χ1n) is 11.7. The van der Waals surface area contributed by atoms with E-state index in [1.807, 2.05) is 29.8 Å². The van der Waals surface area contributed by atoms with Gasteiger partial charge in [-0.2, -0.15) is 5.10 Å². The van der Waals surface area contributed by atoms with Crippen molar-refractivity contribution in [3.05, 3.63) is 58.9 Å². The Balaban J connectivity index is 1.30. The van der Waals surface area contributed by atoms with Crippen molar-refractivity contribution < 1.29 is 18.7 Å². The predicted octanol–water partition coefficient (Wildman–Crippen LogP) is 3.02. The molecule has 3 aliphatic rings. The quantitative estimate of drug-likeness (QED) is 0.645. The van der Waals surface area contributed by atoms with Crippen LogP contribution in [0, 0.1) is 6.92 Å². The summed E-state index contributed by atoms with van der Waals surface area (Å²) >= 11 is 0. The molecule has 3 aromatic rings. The van der Waals surface area contributed by atoms with E-state index >= 15 is 0 Å². The number of hydrogen-bond donors (Lipinski definition) is 1. The summed E-state index contributed by atoms with van der Waals surface area (Å²) in [7, 11) is 0. The Kier molecular flexibility index (Phi) is 5.07. The first-order valence-corrected chi connectivity index (χ1v) is 11.7. The number of amides is 1. The first-order chi connectivity index (χ1) is 16.1. The van der Waals surface area contributed by atoms with Crippen LogP contribution in [-0.4, -0.2) is 53.1 Å². The molecule has 4 heterocycles. The zero-order valence-corrected chi connectivity index (χ0v) is 18.8. The van der Waals surface area contributed by atoms with E-state index in [2.05, 4.69) is 16.5 Å². The Labute approximate surface area is 192 Å². The highest BCUT2D eigenvalue weighted by Crippen LogP contribution is 2.54. The predicted molar refractivity (Wildman–Crippen MR) is 120 cm³/mol. The number of hydrogen-bond acceptors (Lipinski definition) is 6. The van der Waals surface area contributed by atoms with Crippen molar-refractivity contribution in [2.24, 2.45) is 0 Å². The fraction of sp³-hybridized carbons (Fsp3) is 0.480. The van der Waals surface area contributed by atoms with Crippen LogP contribution in [0.4, 0.5) is 0 Å². The third kappa shape index (κ3) is 3.57. The normalized spacial score (nSPS) is 20.7. The number of furan rings is 1. The van der Waals surface area contributed by atoms with Gasteiger partial charge < -0.3 is 19.2 Å². The van der Waals surface area contributed by atoms with Crippen molar-refractivity contribution in [1.82, 2.24) is 20.1 Å². The largest absolute Gasteiger partial charge is 0.455 e. The van der Waals surface area contributed by atoms with Crippen molar-refractivity contribution in [3.8, 4) is 11.3 Å². The van der Waals surface area contributed by atoms with E-state index in [9.17, 15) is 4.79 Å². The molecule has 8 heteroatoms. The molecule has 172 valence electrons. The van der Waals surface area contributed by atoms with Gasteiger partial charge in [0.05, 0.1) is 43.9 Å². The molecule has 2 aliphatic carbocycles. The Morgan fingerprint density at radius 1 is 1.30 bits per heavy atom. The highest BCUT2D eigenvalue weighted by molar-refractivity contribution is 5.95. The lowest BCUT2D eigenvalue weighted by Crippen LogP contribution is -2.39. The summed E-state index contributed by atoms with van der Waals surface area (Å²) in [5.74, 6) is 1.04. The zero-order chi connectivity index (χ0) is 22.4. The maximum Gasteiger partial charge on any atom is 0.287 e. The van der Waals surface area contributed by atoms with Gasteiger partial charge in [-0.3, -0.25) is 14.5 Å². The SMILES string of the molecule is Cc1c(C(=O)NC[C@@H]2COCCO2)oc2c1-c1nn(Cc3ccccn3)cc1C1(CCC1)C2. The van der Waals surface area contributed by atoms with Gasteiger partial charge in [-0.05, 0) is 31.9 Å². The summed E-state index contributed by atoms with van der Waals surface area (Å²) in [4.78, 5) is 17.4. The van der Waals surface area contributed by atoms with Crippen LogP contribution in [0.3, 0.4) is 0 Å². The van der Waals surface area contributed by atoms with Gasteiger partial charge in [-0.15, -0.1) is 0 Å². The van der Waals surface area contributed by atoms with Crippen molar-refractivity contribution in [2.75, 3.05) is 26.4 Å². The van der Waals surface area contributed by atoms with Crippen LogP contribution in [0.5, 0.6) is 0 Å². The third-order valence-electron chi connectivity index (χ3n) is 7.23. The number of nitrogens with zero attached hydrogens (tertiary/aromatic N) is 3. The second kappa shape index (κ2) is 8.11. The molecule has 1 saturated carbocycles. The average molecular weight is 449 g/mol. The molecule has 1 atom stereocenters. The molecule has 0 bridgehead atoms. The minimum Gasteiger partial charge on any atom is -0.455 e. The number of fused-ring (bicyclic) bond motifs is 4. The second-order valence-corrected chi connectivity index (χ2v) is 9.35. The monoisotopic (exact) mass is 448 g/mol. The molecule has 1 N–H and O–H groups in total. The van der Waals surface area contributed by atoms with Crippen LogP contribution in [0.1, 0.15) is 52.4 Å². The third-order valence-corrected chi connectivity index (χ3v) is 7.23. The topological polar surface area (TPSA) is 91.4 Å². The fourth-order valence-electron chi connectivity index (χ4n) is 5.35. The molecule has 6 rings (SSSR count). The van der Waals surface area contributed by atoms with Crippen molar-refractivity contribution in [2.45, 2.75) is 50.7 Å². The minimum atomic E-state index is -0.215. The standard InChI is InChI=1S/C25H28N4O4/c1-16-21-20(33-23(16)24(30)27-12-18-15-31-9-10-32-18)11-25(6-4-7-25)19-14-29(28-22(19)21)13-17-5-2-3-8-26-17/h2-3,5,8,14,18H,4,6-7,9-13,15H2,1H3,(H,27,30)/t18-/m1/s1. The van der Waals surface area contributed by atoms with Crippen LogP contribution < -0.4 is 5.32 Å². The number of ether oxygens (including phenoxy) is 2. The van der Waals surface area contributed by atoms with Crippen molar-refractivity contribution in [1.29, 1.82) is 0 Å². The van der Waals surface area contributed by atoms with Crippen LogP contribution in [-0.2, 0) is 27.9 Å². The van der Waals surface area contributed by atoms with Gasteiger partial charge in [-0.25, -0.2) is 0 Å². The van der Waals surface area contributed by atoms with Crippen LogP contribution >= 0.6 is 0 Å². The molecule has 0 aromatic carbocycles. The molecule has 1 spiro atoms. The highest BCUT2D eigenvalue weighted by atomic mass is 16.6. The molecule has 3 aromatic heterocycles. The van der Waals surface area contributed by atoms with Gasteiger partial charge in [0, 0.05) is 47.5 Å². The summed E-state index contributed by atoms with van der Waals surface area (Å²) in [6.45, 7) is 4.63. The maximum absolute atomic E-state index is 13.0. The Morgan fingerprint density at radius 2 is 2.21 bits per heavy atom. The van der Waals surface area contributed by atoms with Crippen molar-refractivity contribution >= 4 is 5.91 Å². The van der Waals surface area contributed by atoms with E-state index < -0.39 is 0 Å². The van der Waals surface area contributed by atoms with E-state index in [1.165, 1.54) is 12.0 Å². The first kappa shape index (κ1) is 20.6. The summed E-state index contributed by atoms with van der Waals surface area (Å²) in [5, 5.41) is 7.92. The Morgan fingerprint density at radius 3 is 2.94 bits per heavy atom. The van der Waals surface area contributed by atoms with Gasteiger partial charge in [0.1, 0.15) is 5.76 Å². The molecule has 1 aliphatic heterocycles. The lowest BCUT2D eigenvalue weighted by Gasteiger charge is -2.43. The van der Waals surface area contributed by atoms with E-state index in [0.717, 1.165) is 47.5 Å². The van der Waals surface area contributed by atoms with E-state index in [-0.39, 0.29) is 17.4 Å². The number of rotatable bonds is 5. The van der Waals surface area contributed by atoms with E-state index in [0.29, 0.717) is 38.7 Å². The Hall–Kier alpha value is -2.97. The zero-order valence-electron chi connectivity index (χ0n) is 18.8. The summed E-state index contributed by atoms with van der Waals surface area (Å²) in [6, 6.07) is 5.92. The molecular formula is C25H28N4O4. The summed E-state index contributed by atoms with van der Waals surface area (Å²) < 4.78 is 19.2. The summed E-state index contributed by atoms with van der Waals surface area (Å²) in [6.07, 6.45) is 8.12. The van der Waals surface area contributed by atoms with Crippen LogP contribution in [0.25, 0.3) is 11.3 Å². The van der Waals surface area contributed by atoms with Crippen molar-refractivity contribution in [3.63, 3.8) is 0 Å². The van der Waals surface area contributed by atoms with Gasteiger partial charge in [-0.1, -0.05) is 12.5 Å². The van der Waals surface area contributed by atoms with Crippen LogP contribution in [0.2, 0.25) is 0 Å². The fourth-order valence-corrected chi connectivity index (χ4v) is 5.35. The van der Waals surface area contributed by atoms with Gasteiger partial charge in [0.15, 0.2) is 5.76 Å². The summed E-state index contributed by atoms with van der Waals surface area (Å²) in [5.41, 5.74) is 5.09. The maximum atomic E-state index is 13.0. The molecule has 2 fully saturated rings. The van der Waals surface area contributed by atoms with E-state index in [1.54, 1.807) is 6.20 Å². The molecule has 33 heavy (non-hydrogen) atoms. The van der Waals surface area contributed by atoms with Gasteiger partial charge >= 0.3 is 0 Å². The smallest absolute Gasteiger partial charge is 0.287 e. The van der Waals surface area contributed by atoms with Gasteiger partial charge in [0.2, 0.25) is 0 Å². The van der Waals surface area contributed by atoms with Crippen LogP contribution in [0.15, 0.2) is 35.0 Å². The Bertz CT molecular complexity index is 1170. The number of nitrogens with one attached hydrogen (secondary N) is 1. The lowest BCUT2D eigenvalue weighted by atomic mass is 9.59. The van der Waals surface area contributed by atoms with E-state index in [4.69, 9.17) is 19.0 Å². The van der Waals surface area contributed by atoms with Gasteiger partial charge in [0.25, 0.3) is 5.91 Å². The molecule has 8 nitrogen and oxygen atoms in total. The average Bonchev–Trinajstić information content (AvgIpc) is 3.37. The molecular weight excluding hydrogens is 420 g/mol. The lowest BCUT2D eigenvalue weighted by molar-refractivity contribution is -0.0856. The highest BCUT2D eigenvalue weighted by Gasteiger charge is 2.47. The number of aromatic nitrogens is 3. The molecule has 1 saturated heterocycles. The molecule has 1 amide bonds. The second-order valence-electron chi connectivity index (χ2n) is 9.35. The number of carbonyl (C=O) groups excluding carboxylic acids is 1. The number of carbonyl (C=O) groups is 1. The number of pyridine rings is 1. The molecule has 0 radical (unpaired) electrons. The minimum absolute atomic E-state index is 0.0655. The molecule has 0 unspecified atom stereocenters.